The van der Waals surface area contributed by atoms with E-state index in [1.54, 1.807) is 0 Å². The quantitative estimate of drug-likeness (QED) is 0.360. The van der Waals surface area contributed by atoms with Crippen LogP contribution in [0.3, 0.4) is 0 Å². The number of aliphatic carboxylic acids is 1. The lowest BCUT2D eigenvalue weighted by Gasteiger charge is -2.42. The molecule has 0 radical (unpaired) electrons. The highest BCUT2D eigenvalue weighted by atomic mass is 16.6. The normalized spacial score (nSPS) is 25.8. The predicted molar refractivity (Wildman–Crippen MR) is 136 cm³/mol. The molecule has 2 aliphatic carbocycles. The third kappa shape index (κ3) is 7.43. The molecule has 198 valence electrons. The van der Waals surface area contributed by atoms with Crippen molar-refractivity contribution in [2.45, 2.75) is 90.1 Å². The first-order valence-electron chi connectivity index (χ1n) is 13.1. The Morgan fingerprint density at radius 3 is 2.61 bits per heavy atom. The molecule has 0 bridgehead atoms. The van der Waals surface area contributed by atoms with Gasteiger partial charge in [-0.25, -0.2) is 4.79 Å². The van der Waals surface area contributed by atoms with Crippen LogP contribution in [-0.4, -0.2) is 51.7 Å². The molecular formula is C29H40O7. The molecule has 7 unspecified atom stereocenters. The number of ether oxygens (including phenoxy) is 2. The first-order chi connectivity index (χ1) is 17.2. The fraction of sp³-hybridized carbons (Fsp3) is 0.586. The summed E-state index contributed by atoms with van der Waals surface area (Å²) < 4.78 is 12.1. The van der Waals surface area contributed by atoms with Gasteiger partial charge in [-0.2, -0.15) is 0 Å². The number of fused-ring (bicyclic) bond motifs is 1. The number of hydrogen-bond donors (Lipinski definition) is 3. The molecule has 36 heavy (non-hydrogen) atoms. The van der Waals surface area contributed by atoms with Crippen LogP contribution in [0.5, 0.6) is 5.75 Å². The number of aryl methyl sites for hydroxylation is 1. The Bertz CT molecular complexity index is 953. The van der Waals surface area contributed by atoms with Gasteiger partial charge in [0.15, 0.2) is 6.10 Å². The molecular weight excluding hydrogens is 460 g/mol. The van der Waals surface area contributed by atoms with Gasteiger partial charge in [-0.15, -0.1) is 0 Å². The maximum atomic E-state index is 13.2. The number of allylic oxidation sites excluding steroid dienone is 3. The van der Waals surface area contributed by atoms with Crippen LogP contribution in [0.2, 0.25) is 0 Å². The van der Waals surface area contributed by atoms with E-state index in [2.05, 4.69) is 25.2 Å². The number of aliphatic hydroxyl groups is 2. The largest absolute Gasteiger partial charge is 0.481 e. The molecule has 1 aromatic rings. The van der Waals surface area contributed by atoms with E-state index in [-0.39, 0.29) is 42.7 Å². The van der Waals surface area contributed by atoms with Crippen molar-refractivity contribution in [2.75, 3.05) is 0 Å². The summed E-state index contributed by atoms with van der Waals surface area (Å²) in [7, 11) is 0. The zero-order valence-corrected chi connectivity index (χ0v) is 21.5. The van der Waals surface area contributed by atoms with Gasteiger partial charge in [0.1, 0.15) is 11.9 Å². The highest BCUT2D eigenvalue weighted by Crippen LogP contribution is 2.44. The molecule has 0 saturated carbocycles. The van der Waals surface area contributed by atoms with Crippen molar-refractivity contribution in [1.29, 1.82) is 0 Å². The van der Waals surface area contributed by atoms with E-state index in [0.29, 0.717) is 25.0 Å². The molecule has 0 fully saturated rings. The number of hydrogen-bond acceptors (Lipinski definition) is 6. The molecule has 0 spiro atoms. The standard InChI is InChI=1S/C29H40O7/c1-4-24(35-25-10-6-5-8-19(25)3)29(34)36-26-11-7-9-20-13-12-18(2)23(28(20)26)15-14-21(30)16-22(31)17-27(32)33/h5-6,8-10,12-13,18,21-24,26,28,30-31H,4,7,11,14-17H2,1-3H3,(H,32,33). The first kappa shape index (κ1) is 27.9. The monoisotopic (exact) mass is 500 g/mol. The summed E-state index contributed by atoms with van der Waals surface area (Å²) in [5.41, 5.74) is 2.13. The second kappa shape index (κ2) is 13.1. The van der Waals surface area contributed by atoms with Gasteiger partial charge in [-0.05, 0) is 74.5 Å². The van der Waals surface area contributed by atoms with E-state index in [0.717, 1.165) is 24.0 Å². The van der Waals surface area contributed by atoms with Crippen molar-refractivity contribution in [3.63, 3.8) is 0 Å². The summed E-state index contributed by atoms with van der Waals surface area (Å²) in [6.45, 7) is 5.99. The summed E-state index contributed by atoms with van der Waals surface area (Å²) in [6, 6.07) is 7.61. The van der Waals surface area contributed by atoms with Gasteiger partial charge in [0, 0.05) is 5.92 Å². The number of carbonyl (C=O) groups is 2. The van der Waals surface area contributed by atoms with Gasteiger partial charge >= 0.3 is 11.9 Å². The Hall–Kier alpha value is -2.64. The second-order valence-corrected chi connectivity index (χ2v) is 10.2. The summed E-state index contributed by atoms with van der Waals surface area (Å²) in [6.07, 6.45) is 6.51. The van der Waals surface area contributed by atoms with Crippen LogP contribution in [-0.2, 0) is 14.3 Å². The van der Waals surface area contributed by atoms with Gasteiger partial charge < -0.3 is 24.8 Å². The lowest BCUT2D eigenvalue weighted by atomic mass is 9.66. The van der Waals surface area contributed by atoms with Crippen molar-refractivity contribution in [3.05, 3.63) is 53.6 Å². The number of aliphatic hydroxyl groups excluding tert-OH is 2. The van der Waals surface area contributed by atoms with Gasteiger partial charge in [0.2, 0.25) is 0 Å². The number of benzene rings is 1. The Kier molecular flexibility index (Phi) is 10.1. The molecule has 0 heterocycles. The average Bonchev–Trinajstić information content (AvgIpc) is 2.82. The SMILES string of the molecule is CCC(Oc1ccccc1C)C(=O)OC1CCC=C2C=CC(C)C(CCC(O)CC(O)CC(=O)O)C21. The number of esters is 1. The lowest BCUT2D eigenvalue weighted by Crippen LogP contribution is -2.42. The zero-order chi connectivity index (χ0) is 26.2. The van der Waals surface area contributed by atoms with Gasteiger partial charge in [-0.3, -0.25) is 4.79 Å². The Balaban J connectivity index is 1.67. The second-order valence-electron chi connectivity index (χ2n) is 10.2. The highest BCUT2D eigenvalue weighted by molar-refractivity contribution is 5.75. The minimum absolute atomic E-state index is 0.0230. The third-order valence-corrected chi connectivity index (χ3v) is 7.40. The number of carbonyl (C=O) groups excluding carboxylic acids is 1. The van der Waals surface area contributed by atoms with Crippen LogP contribution in [0.1, 0.15) is 64.4 Å². The Morgan fingerprint density at radius 2 is 1.92 bits per heavy atom. The van der Waals surface area contributed by atoms with E-state index < -0.39 is 24.3 Å². The van der Waals surface area contributed by atoms with Crippen LogP contribution in [0.15, 0.2) is 48.1 Å². The number of para-hydroxylation sites is 1. The summed E-state index contributed by atoms with van der Waals surface area (Å²) in [5.74, 6) is -0.355. The molecule has 7 heteroatoms. The van der Waals surface area contributed by atoms with E-state index in [4.69, 9.17) is 14.6 Å². The van der Waals surface area contributed by atoms with Crippen molar-refractivity contribution in [3.8, 4) is 5.75 Å². The smallest absolute Gasteiger partial charge is 0.347 e. The van der Waals surface area contributed by atoms with Crippen molar-refractivity contribution < 1.29 is 34.4 Å². The van der Waals surface area contributed by atoms with Crippen LogP contribution in [0.4, 0.5) is 0 Å². The molecule has 0 amide bonds. The molecule has 7 nitrogen and oxygen atoms in total. The summed E-state index contributed by atoms with van der Waals surface area (Å²) >= 11 is 0. The van der Waals surface area contributed by atoms with Crippen LogP contribution < -0.4 is 4.74 Å². The lowest BCUT2D eigenvalue weighted by molar-refractivity contribution is -0.162. The fourth-order valence-electron chi connectivity index (χ4n) is 5.42. The number of carboxylic acids is 1. The molecule has 0 aliphatic heterocycles. The van der Waals surface area contributed by atoms with Crippen molar-refractivity contribution in [2.24, 2.45) is 17.8 Å². The van der Waals surface area contributed by atoms with Gasteiger partial charge in [0.25, 0.3) is 0 Å². The molecule has 3 rings (SSSR count). The zero-order valence-electron chi connectivity index (χ0n) is 21.5. The molecule has 3 N–H and O–H groups in total. The first-order valence-corrected chi connectivity index (χ1v) is 13.1. The number of carboxylic acid groups (broad SMARTS) is 1. The predicted octanol–water partition coefficient (Wildman–Crippen LogP) is 4.59. The topological polar surface area (TPSA) is 113 Å². The molecule has 0 saturated heterocycles. The van der Waals surface area contributed by atoms with E-state index >= 15 is 0 Å². The number of rotatable bonds is 12. The third-order valence-electron chi connectivity index (χ3n) is 7.40. The van der Waals surface area contributed by atoms with Crippen LogP contribution in [0, 0.1) is 24.7 Å². The summed E-state index contributed by atoms with van der Waals surface area (Å²) in [5, 5.41) is 29.2. The van der Waals surface area contributed by atoms with E-state index in [1.165, 1.54) is 0 Å². The average molecular weight is 501 g/mol. The fourth-order valence-corrected chi connectivity index (χ4v) is 5.42. The molecule has 7 atom stereocenters. The van der Waals surface area contributed by atoms with Crippen molar-refractivity contribution in [1.82, 2.24) is 0 Å². The minimum Gasteiger partial charge on any atom is -0.481 e. The summed E-state index contributed by atoms with van der Waals surface area (Å²) in [4.78, 5) is 24.0. The molecule has 2 aliphatic rings. The van der Waals surface area contributed by atoms with Crippen LogP contribution in [0.25, 0.3) is 0 Å². The highest BCUT2D eigenvalue weighted by Gasteiger charge is 2.40. The van der Waals surface area contributed by atoms with Crippen molar-refractivity contribution >= 4 is 11.9 Å². The maximum Gasteiger partial charge on any atom is 0.347 e. The molecule has 1 aromatic carbocycles. The van der Waals surface area contributed by atoms with E-state index in [9.17, 15) is 19.8 Å². The Labute approximate surface area is 213 Å². The Morgan fingerprint density at radius 1 is 1.17 bits per heavy atom. The van der Waals surface area contributed by atoms with Gasteiger partial charge in [-0.1, -0.05) is 50.3 Å². The van der Waals surface area contributed by atoms with Gasteiger partial charge in [0.05, 0.1) is 18.6 Å². The molecule has 0 aromatic heterocycles. The minimum atomic E-state index is -1.08. The maximum absolute atomic E-state index is 13.2. The van der Waals surface area contributed by atoms with E-state index in [1.807, 2.05) is 38.1 Å². The van der Waals surface area contributed by atoms with Crippen LogP contribution >= 0.6 is 0 Å².